The number of fused-ring (bicyclic) bond motifs is 1. The largest absolute Gasteiger partial charge is 0.491 e. The fraction of sp³-hybridized carbons (Fsp3) is 0.469. The van der Waals surface area contributed by atoms with Crippen molar-refractivity contribution in [1.82, 2.24) is 15.0 Å². The van der Waals surface area contributed by atoms with Gasteiger partial charge >= 0.3 is 0 Å². The van der Waals surface area contributed by atoms with Gasteiger partial charge in [0, 0.05) is 19.2 Å². The first-order chi connectivity index (χ1) is 20.5. The first-order valence-corrected chi connectivity index (χ1v) is 14.7. The van der Waals surface area contributed by atoms with E-state index < -0.39 is 5.60 Å². The molecule has 2 aromatic carbocycles. The Kier molecular flexibility index (Phi) is 9.74. The smallest absolute Gasteiger partial charge is 0.276 e. The molecule has 10 heteroatoms. The van der Waals surface area contributed by atoms with Crippen LogP contribution in [0.4, 0.5) is 4.39 Å². The van der Waals surface area contributed by atoms with Crippen LogP contribution in [0.2, 0.25) is 0 Å². The number of aryl methyl sites for hydroxylation is 1. The maximum absolute atomic E-state index is 14.2. The van der Waals surface area contributed by atoms with Crippen molar-refractivity contribution in [1.29, 1.82) is 0 Å². The van der Waals surface area contributed by atoms with Gasteiger partial charge in [-0.25, -0.2) is 4.39 Å². The topological polar surface area (TPSA) is 94.3 Å². The molecule has 1 aromatic heterocycles. The molecule has 2 aliphatic rings. The SMILES string of the molecule is CCCCN1CCOc2ccccc2CCCCC2(CN(C(=O)c3cc(COc4ccc(F)cc4)on3)CCO2)C1=O. The quantitative estimate of drug-likeness (QED) is 0.387. The van der Waals surface area contributed by atoms with Crippen LogP contribution in [-0.4, -0.2) is 71.8 Å². The number of halogens is 1. The Morgan fingerprint density at radius 3 is 2.76 bits per heavy atom. The molecule has 0 N–H and O–H groups in total. The van der Waals surface area contributed by atoms with Crippen molar-refractivity contribution in [2.24, 2.45) is 0 Å². The zero-order chi connectivity index (χ0) is 29.4. The summed E-state index contributed by atoms with van der Waals surface area (Å²) < 4.78 is 36.5. The second-order valence-corrected chi connectivity index (χ2v) is 10.8. The fourth-order valence-electron chi connectivity index (χ4n) is 5.47. The van der Waals surface area contributed by atoms with E-state index in [1.165, 1.54) is 24.3 Å². The van der Waals surface area contributed by atoms with E-state index in [1.54, 1.807) is 11.0 Å². The fourth-order valence-corrected chi connectivity index (χ4v) is 5.47. The molecule has 0 aliphatic carbocycles. The lowest BCUT2D eigenvalue weighted by Crippen LogP contribution is -2.62. The van der Waals surface area contributed by atoms with Crippen LogP contribution in [0, 0.1) is 5.82 Å². The summed E-state index contributed by atoms with van der Waals surface area (Å²) in [5.41, 5.74) is 0.155. The third-order valence-corrected chi connectivity index (χ3v) is 7.77. The van der Waals surface area contributed by atoms with Gasteiger partial charge in [0.15, 0.2) is 17.1 Å². The zero-order valence-electron chi connectivity index (χ0n) is 24.1. The summed E-state index contributed by atoms with van der Waals surface area (Å²) in [6.07, 6.45) is 4.79. The van der Waals surface area contributed by atoms with Crippen molar-refractivity contribution in [3.8, 4) is 11.5 Å². The van der Waals surface area contributed by atoms with Gasteiger partial charge in [-0.3, -0.25) is 9.59 Å². The molecule has 2 amide bonds. The van der Waals surface area contributed by atoms with E-state index in [1.807, 2.05) is 23.1 Å². The van der Waals surface area contributed by atoms with Crippen LogP contribution in [0.15, 0.2) is 59.1 Å². The summed E-state index contributed by atoms with van der Waals surface area (Å²) in [6.45, 7) is 4.27. The van der Waals surface area contributed by atoms with Crippen molar-refractivity contribution in [3.63, 3.8) is 0 Å². The first kappa shape index (κ1) is 29.6. The van der Waals surface area contributed by atoms with Crippen molar-refractivity contribution in [2.75, 3.05) is 39.4 Å². The number of para-hydroxylation sites is 1. The number of benzene rings is 2. The number of amides is 2. The highest BCUT2D eigenvalue weighted by Gasteiger charge is 2.47. The minimum absolute atomic E-state index is 0.0367. The molecule has 1 unspecified atom stereocenters. The molecule has 5 rings (SSSR count). The van der Waals surface area contributed by atoms with Gasteiger partial charge in [0.1, 0.15) is 30.5 Å². The van der Waals surface area contributed by atoms with Crippen LogP contribution in [0.1, 0.15) is 60.8 Å². The summed E-state index contributed by atoms with van der Waals surface area (Å²) in [7, 11) is 0. The monoisotopic (exact) mass is 579 g/mol. The van der Waals surface area contributed by atoms with Gasteiger partial charge in [0.2, 0.25) is 0 Å². The summed E-state index contributed by atoms with van der Waals surface area (Å²) in [6, 6.07) is 15.2. The van der Waals surface area contributed by atoms with E-state index in [0.717, 1.165) is 43.4 Å². The summed E-state index contributed by atoms with van der Waals surface area (Å²) in [5, 5.41) is 3.97. The average molecular weight is 580 g/mol. The third-order valence-electron chi connectivity index (χ3n) is 7.77. The van der Waals surface area contributed by atoms with Crippen LogP contribution in [0.5, 0.6) is 11.5 Å². The number of nitrogens with zero attached hydrogens (tertiary/aromatic N) is 3. The first-order valence-electron chi connectivity index (χ1n) is 14.7. The number of carbonyl (C=O) groups is 2. The molecule has 1 saturated heterocycles. The minimum Gasteiger partial charge on any atom is -0.491 e. The number of hydrogen-bond acceptors (Lipinski definition) is 7. The molecular weight excluding hydrogens is 541 g/mol. The van der Waals surface area contributed by atoms with Crippen molar-refractivity contribution in [2.45, 2.75) is 57.7 Å². The molecular formula is C32H38FN3O6. The number of aromatic nitrogens is 1. The Morgan fingerprint density at radius 2 is 1.93 bits per heavy atom. The second-order valence-electron chi connectivity index (χ2n) is 10.8. The summed E-state index contributed by atoms with van der Waals surface area (Å²) in [5.74, 6) is 0.920. The molecule has 224 valence electrons. The molecule has 0 saturated carbocycles. The van der Waals surface area contributed by atoms with E-state index in [2.05, 4.69) is 18.1 Å². The number of ether oxygens (including phenoxy) is 3. The van der Waals surface area contributed by atoms with Crippen LogP contribution < -0.4 is 9.47 Å². The number of hydrogen-bond donors (Lipinski definition) is 0. The summed E-state index contributed by atoms with van der Waals surface area (Å²) in [4.78, 5) is 31.2. The van der Waals surface area contributed by atoms with Crippen molar-refractivity contribution < 1.29 is 32.7 Å². The van der Waals surface area contributed by atoms with Gasteiger partial charge < -0.3 is 28.5 Å². The predicted octanol–water partition coefficient (Wildman–Crippen LogP) is 5.04. The Morgan fingerprint density at radius 1 is 1.10 bits per heavy atom. The maximum Gasteiger partial charge on any atom is 0.276 e. The Bertz CT molecular complexity index is 1350. The number of carbonyl (C=O) groups excluding carboxylic acids is 2. The molecule has 42 heavy (non-hydrogen) atoms. The Hall–Kier alpha value is -3.92. The molecule has 1 atom stereocenters. The van der Waals surface area contributed by atoms with E-state index >= 15 is 0 Å². The van der Waals surface area contributed by atoms with Gasteiger partial charge in [-0.1, -0.05) is 36.7 Å². The average Bonchev–Trinajstić information content (AvgIpc) is 3.49. The van der Waals surface area contributed by atoms with Gasteiger partial charge in [-0.15, -0.1) is 0 Å². The molecule has 9 nitrogen and oxygen atoms in total. The lowest BCUT2D eigenvalue weighted by atomic mass is 9.90. The van der Waals surface area contributed by atoms with E-state index in [9.17, 15) is 14.0 Å². The van der Waals surface area contributed by atoms with Crippen molar-refractivity contribution >= 4 is 11.8 Å². The molecule has 2 aliphatic heterocycles. The van der Waals surface area contributed by atoms with E-state index in [4.69, 9.17) is 18.7 Å². The molecule has 1 fully saturated rings. The van der Waals surface area contributed by atoms with E-state index in [0.29, 0.717) is 44.2 Å². The van der Waals surface area contributed by atoms with Gasteiger partial charge in [0.05, 0.1) is 19.7 Å². The van der Waals surface area contributed by atoms with Crippen LogP contribution in [0.25, 0.3) is 0 Å². The van der Waals surface area contributed by atoms with E-state index in [-0.39, 0.29) is 43.1 Å². The highest BCUT2D eigenvalue weighted by Crippen LogP contribution is 2.30. The van der Waals surface area contributed by atoms with Crippen LogP contribution in [0.3, 0.4) is 0 Å². The Balaban J connectivity index is 1.30. The lowest BCUT2D eigenvalue weighted by Gasteiger charge is -2.44. The van der Waals surface area contributed by atoms with Crippen molar-refractivity contribution in [3.05, 3.63) is 77.4 Å². The molecule has 1 spiro atoms. The molecule has 0 bridgehead atoms. The maximum atomic E-state index is 14.2. The normalized spacial score (nSPS) is 19.9. The Labute approximate surface area is 245 Å². The van der Waals surface area contributed by atoms with Gasteiger partial charge in [0.25, 0.3) is 11.8 Å². The zero-order valence-corrected chi connectivity index (χ0v) is 24.1. The predicted molar refractivity (Wildman–Crippen MR) is 153 cm³/mol. The molecule has 3 heterocycles. The van der Waals surface area contributed by atoms with Crippen LogP contribution >= 0.6 is 0 Å². The van der Waals surface area contributed by atoms with Crippen LogP contribution in [-0.2, 0) is 22.6 Å². The van der Waals surface area contributed by atoms with Gasteiger partial charge in [-0.2, -0.15) is 0 Å². The van der Waals surface area contributed by atoms with Gasteiger partial charge in [-0.05, 0) is 68.0 Å². The highest BCUT2D eigenvalue weighted by atomic mass is 19.1. The number of unbranched alkanes of at least 4 members (excludes halogenated alkanes) is 1. The lowest BCUT2D eigenvalue weighted by molar-refractivity contribution is -0.170. The molecule has 0 radical (unpaired) electrons. The highest BCUT2D eigenvalue weighted by molar-refractivity contribution is 5.93. The number of rotatable bonds is 7. The standard InChI is InChI=1S/C32H38FN3O6/c1-2-3-16-35-17-19-39-29-10-5-4-8-24(29)9-6-7-15-32(31(35)38)23-36(18-20-41-32)30(37)28-21-27(42-34-28)22-40-26-13-11-25(33)12-14-26/h4-5,8,10-14,21H,2-3,6-7,9,15-20,22-23H2,1H3. The minimum atomic E-state index is -1.14. The second kappa shape index (κ2) is 13.8. The summed E-state index contributed by atoms with van der Waals surface area (Å²) >= 11 is 0. The molecule has 3 aromatic rings. The third kappa shape index (κ3) is 7.10. The number of morpholine rings is 1.